The number of nitrogens with zero attached hydrogens (tertiary/aromatic N) is 2. The lowest BCUT2D eigenvalue weighted by Gasteiger charge is -2.00. The minimum Gasteiger partial charge on any atom is -0.350 e. The quantitative estimate of drug-likeness (QED) is 0.730. The molecule has 0 aliphatic rings. The van der Waals surface area contributed by atoms with Gasteiger partial charge in [0.15, 0.2) is 5.82 Å². The molecule has 3 nitrogen and oxygen atoms in total. The summed E-state index contributed by atoms with van der Waals surface area (Å²) in [7, 11) is 0. The highest BCUT2D eigenvalue weighted by atomic mass is 32.1. The fraction of sp³-hybridized carbons (Fsp3) is 0. The van der Waals surface area contributed by atoms with Crippen molar-refractivity contribution in [1.82, 2.24) is 15.0 Å². The predicted octanol–water partition coefficient (Wildman–Crippen LogP) is 2.34. The highest BCUT2D eigenvalue weighted by molar-refractivity contribution is 7.71. The Morgan fingerprint density at radius 3 is 2.93 bits per heavy atom. The van der Waals surface area contributed by atoms with Crippen LogP contribution in [0.1, 0.15) is 0 Å². The summed E-state index contributed by atoms with van der Waals surface area (Å²) in [4.78, 5) is 10.5. The molecule has 0 atom stereocenters. The van der Waals surface area contributed by atoms with Gasteiger partial charge in [0.05, 0.1) is 6.20 Å². The molecule has 1 N–H and O–H groups in total. The zero-order chi connectivity index (χ0) is 9.97. The van der Waals surface area contributed by atoms with Crippen molar-refractivity contribution in [3.63, 3.8) is 0 Å². The molecule has 0 saturated heterocycles. The van der Waals surface area contributed by atoms with E-state index in [1.54, 1.807) is 12.3 Å². The molecule has 2 heterocycles. The molecule has 0 saturated carbocycles. The summed E-state index contributed by atoms with van der Waals surface area (Å²) in [6.45, 7) is 0. The highest BCUT2D eigenvalue weighted by Crippen LogP contribution is 2.18. The zero-order valence-electron chi connectivity index (χ0n) is 7.07. The second-order valence-electron chi connectivity index (χ2n) is 2.62. The van der Waals surface area contributed by atoms with Gasteiger partial charge in [-0.3, -0.25) is 9.97 Å². The van der Waals surface area contributed by atoms with Crippen LogP contribution in [-0.4, -0.2) is 15.0 Å². The van der Waals surface area contributed by atoms with Gasteiger partial charge >= 0.3 is 0 Å². The number of aromatic amines is 1. The first-order chi connectivity index (χ1) is 6.79. The van der Waals surface area contributed by atoms with E-state index in [0.29, 0.717) is 15.9 Å². The Morgan fingerprint density at radius 2 is 2.21 bits per heavy atom. The average Bonchev–Trinajstić information content (AvgIpc) is 2.20. The van der Waals surface area contributed by atoms with Crippen molar-refractivity contribution < 1.29 is 4.39 Å². The van der Waals surface area contributed by atoms with Crippen LogP contribution in [0.2, 0.25) is 0 Å². The number of pyridine rings is 1. The van der Waals surface area contributed by atoms with Gasteiger partial charge in [-0.05, 0) is 6.07 Å². The smallest absolute Gasteiger partial charge is 0.150 e. The molecule has 0 amide bonds. The standard InChI is InChI=1S/C9H6FN3S/c10-7-5-11-2-1-6(7)8-9(14)13-4-3-12-8/h1-5H,(H,13,14). The van der Waals surface area contributed by atoms with Gasteiger partial charge in [0.2, 0.25) is 0 Å². The number of nitrogens with one attached hydrogen (secondary N) is 1. The summed E-state index contributed by atoms with van der Waals surface area (Å²) in [5.41, 5.74) is 0.796. The Balaban J connectivity index is 2.67. The van der Waals surface area contributed by atoms with Gasteiger partial charge in [0.1, 0.15) is 10.3 Å². The SMILES string of the molecule is Fc1cnccc1-c1ncc[nH]c1=S. The second kappa shape index (κ2) is 3.63. The van der Waals surface area contributed by atoms with E-state index in [2.05, 4.69) is 15.0 Å². The molecule has 5 heteroatoms. The number of halogens is 1. The summed E-state index contributed by atoms with van der Waals surface area (Å²) in [5, 5.41) is 0. The lowest BCUT2D eigenvalue weighted by molar-refractivity contribution is 0.624. The van der Waals surface area contributed by atoms with E-state index in [0.717, 1.165) is 6.20 Å². The van der Waals surface area contributed by atoms with E-state index in [-0.39, 0.29) is 0 Å². The Hall–Kier alpha value is -1.62. The zero-order valence-corrected chi connectivity index (χ0v) is 7.88. The minimum absolute atomic E-state index is 0.363. The molecular formula is C9H6FN3S. The number of hydrogen-bond donors (Lipinski definition) is 1. The van der Waals surface area contributed by atoms with Gasteiger partial charge in [0.25, 0.3) is 0 Å². The summed E-state index contributed by atoms with van der Waals surface area (Å²) in [5.74, 6) is -0.425. The van der Waals surface area contributed by atoms with Crippen LogP contribution in [-0.2, 0) is 0 Å². The Morgan fingerprint density at radius 1 is 1.36 bits per heavy atom. The fourth-order valence-corrected chi connectivity index (χ4v) is 1.34. The topological polar surface area (TPSA) is 41.6 Å². The molecule has 0 aliphatic carbocycles. The third kappa shape index (κ3) is 1.54. The van der Waals surface area contributed by atoms with E-state index in [1.165, 1.54) is 12.4 Å². The number of rotatable bonds is 1. The molecule has 14 heavy (non-hydrogen) atoms. The van der Waals surface area contributed by atoms with Crippen LogP contribution in [0.4, 0.5) is 4.39 Å². The Bertz CT molecular complexity index is 509. The van der Waals surface area contributed by atoms with Gasteiger partial charge in [-0.15, -0.1) is 0 Å². The summed E-state index contributed by atoms with van der Waals surface area (Å²) in [6.07, 6.45) is 5.77. The minimum atomic E-state index is -0.425. The van der Waals surface area contributed by atoms with E-state index in [9.17, 15) is 4.39 Å². The lowest BCUT2D eigenvalue weighted by atomic mass is 10.2. The molecule has 0 unspecified atom stereocenters. The maximum Gasteiger partial charge on any atom is 0.150 e. The maximum absolute atomic E-state index is 13.3. The maximum atomic E-state index is 13.3. The summed E-state index contributed by atoms with van der Waals surface area (Å²) < 4.78 is 13.7. The Kier molecular flexibility index (Phi) is 2.32. The molecule has 0 spiro atoms. The number of hydrogen-bond acceptors (Lipinski definition) is 3. The van der Waals surface area contributed by atoms with E-state index < -0.39 is 5.82 Å². The van der Waals surface area contributed by atoms with Crippen molar-refractivity contribution in [2.45, 2.75) is 0 Å². The van der Waals surface area contributed by atoms with E-state index >= 15 is 0 Å². The fourth-order valence-electron chi connectivity index (χ4n) is 1.11. The van der Waals surface area contributed by atoms with Crippen molar-refractivity contribution >= 4 is 12.2 Å². The molecule has 0 bridgehead atoms. The van der Waals surface area contributed by atoms with Crippen molar-refractivity contribution in [2.24, 2.45) is 0 Å². The molecule has 2 aromatic heterocycles. The Labute approximate surface area is 84.7 Å². The normalized spacial score (nSPS) is 10.1. The molecule has 2 rings (SSSR count). The third-order valence-electron chi connectivity index (χ3n) is 1.74. The van der Waals surface area contributed by atoms with Crippen LogP contribution < -0.4 is 0 Å². The molecular weight excluding hydrogens is 201 g/mol. The van der Waals surface area contributed by atoms with E-state index in [4.69, 9.17) is 12.2 Å². The first-order valence-electron chi connectivity index (χ1n) is 3.92. The average molecular weight is 207 g/mol. The van der Waals surface area contributed by atoms with Gasteiger partial charge in [-0.2, -0.15) is 0 Å². The lowest BCUT2D eigenvalue weighted by Crippen LogP contribution is -1.90. The molecule has 0 fully saturated rings. The summed E-state index contributed by atoms with van der Waals surface area (Å²) in [6, 6.07) is 1.54. The van der Waals surface area contributed by atoms with Gasteiger partial charge < -0.3 is 4.98 Å². The van der Waals surface area contributed by atoms with Crippen molar-refractivity contribution in [1.29, 1.82) is 0 Å². The van der Waals surface area contributed by atoms with Gasteiger partial charge in [-0.25, -0.2) is 4.39 Å². The van der Waals surface area contributed by atoms with Crippen LogP contribution >= 0.6 is 12.2 Å². The highest BCUT2D eigenvalue weighted by Gasteiger charge is 2.06. The van der Waals surface area contributed by atoms with Crippen LogP contribution in [0.25, 0.3) is 11.3 Å². The summed E-state index contributed by atoms with van der Waals surface area (Å²) >= 11 is 4.99. The van der Waals surface area contributed by atoms with Crippen LogP contribution in [0.5, 0.6) is 0 Å². The van der Waals surface area contributed by atoms with Crippen molar-refractivity contribution in [3.05, 3.63) is 41.3 Å². The molecule has 2 aromatic rings. The number of H-pyrrole nitrogens is 1. The van der Waals surface area contributed by atoms with Crippen LogP contribution in [0, 0.1) is 10.5 Å². The first kappa shape index (κ1) is 8.96. The van der Waals surface area contributed by atoms with Crippen LogP contribution in [0.3, 0.4) is 0 Å². The monoisotopic (exact) mass is 207 g/mol. The molecule has 70 valence electrons. The van der Waals surface area contributed by atoms with Crippen molar-refractivity contribution in [3.8, 4) is 11.3 Å². The van der Waals surface area contributed by atoms with Gasteiger partial charge in [0, 0.05) is 24.2 Å². The van der Waals surface area contributed by atoms with Crippen LogP contribution in [0.15, 0.2) is 30.9 Å². The predicted molar refractivity (Wildman–Crippen MR) is 52.6 cm³/mol. The second-order valence-corrected chi connectivity index (χ2v) is 3.03. The third-order valence-corrected chi connectivity index (χ3v) is 2.05. The molecule has 0 radical (unpaired) electrons. The molecule has 0 aliphatic heterocycles. The first-order valence-corrected chi connectivity index (χ1v) is 4.33. The number of aromatic nitrogens is 3. The van der Waals surface area contributed by atoms with Crippen molar-refractivity contribution in [2.75, 3.05) is 0 Å². The molecule has 0 aromatic carbocycles. The van der Waals surface area contributed by atoms with E-state index in [1.807, 2.05) is 0 Å². The largest absolute Gasteiger partial charge is 0.350 e. The van der Waals surface area contributed by atoms with Gasteiger partial charge in [-0.1, -0.05) is 12.2 Å².